The molecule has 0 aromatic carbocycles. The van der Waals surface area contributed by atoms with Crippen molar-refractivity contribution in [1.82, 2.24) is 9.55 Å². The van der Waals surface area contributed by atoms with Crippen LogP contribution in [-0.2, 0) is 4.74 Å². The third kappa shape index (κ3) is 2.27. The van der Waals surface area contributed by atoms with Gasteiger partial charge in [0.2, 0.25) is 5.82 Å². The molecular formula is C10H11Cl2FN2O5. The van der Waals surface area contributed by atoms with Gasteiger partial charge in [-0.25, -0.2) is 4.79 Å². The first kappa shape index (κ1) is 15.5. The minimum atomic E-state index is -1.56. The maximum Gasteiger partial charge on any atom is 0.330 e. The average molecular weight is 329 g/mol. The van der Waals surface area contributed by atoms with Crippen LogP contribution in [0.1, 0.15) is 6.23 Å². The zero-order valence-corrected chi connectivity index (χ0v) is 11.4. The van der Waals surface area contributed by atoms with Gasteiger partial charge in [-0.2, -0.15) is 4.39 Å². The normalized spacial score (nSPS) is 33.5. The van der Waals surface area contributed by atoms with Crippen LogP contribution in [0, 0.1) is 5.82 Å². The Hall–Kier alpha value is -0.930. The lowest BCUT2D eigenvalue weighted by molar-refractivity contribution is -0.114. The lowest BCUT2D eigenvalue weighted by Crippen LogP contribution is -2.47. The summed E-state index contributed by atoms with van der Waals surface area (Å²) in [4.78, 5) is 24.4. The Morgan fingerprint density at radius 3 is 2.70 bits per heavy atom. The molecule has 112 valence electrons. The quantitative estimate of drug-likeness (QED) is 0.626. The van der Waals surface area contributed by atoms with Crippen molar-refractivity contribution >= 4 is 23.2 Å². The molecule has 7 nitrogen and oxygen atoms in total. The largest absolute Gasteiger partial charge is 0.393 e. The van der Waals surface area contributed by atoms with Crippen molar-refractivity contribution in [3.05, 3.63) is 32.9 Å². The molecule has 0 saturated carbocycles. The molecule has 20 heavy (non-hydrogen) atoms. The Labute approximate surface area is 121 Å². The van der Waals surface area contributed by atoms with Crippen molar-refractivity contribution in [2.75, 3.05) is 12.5 Å². The third-order valence-electron chi connectivity index (χ3n) is 3.16. The molecule has 0 radical (unpaired) electrons. The minimum Gasteiger partial charge on any atom is -0.393 e. The zero-order chi connectivity index (χ0) is 15.1. The molecule has 0 bridgehead atoms. The summed E-state index contributed by atoms with van der Waals surface area (Å²) in [5, 5.41) is 18.1. The Bertz CT molecular complexity index is 614. The molecule has 1 saturated heterocycles. The molecule has 1 unspecified atom stereocenters. The Morgan fingerprint density at radius 1 is 1.55 bits per heavy atom. The van der Waals surface area contributed by atoms with E-state index in [0.29, 0.717) is 10.8 Å². The fourth-order valence-electron chi connectivity index (χ4n) is 1.96. The molecule has 10 heteroatoms. The molecule has 0 aliphatic carbocycles. The van der Waals surface area contributed by atoms with Gasteiger partial charge in [0.05, 0.1) is 18.7 Å². The van der Waals surface area contributed by atoms with E-state index in [2.05, 4.69) is 0 Å². The monoisotopic (exact) mass is 328 g/mol. The summed E-state index contributed by atoms with van der Waals surface area (Å²) in [5.74, 6) is -1.50. The van der Waals surface area contributed by atoms with E-state index in [4.69, 9.17) is 27.9 Å². The number of nitrogens with zero attached hydrogens (tertiary/aromatic N) is 1. The minimum absolute atomic E-state index is 0.287. The van der Waals surface area contributed by atoms with Crippen molar-refractivity contribution in [3.8, 4) is 0 Å². The molecule has 3 N–H and O–H groups in total. The van der Waals surface area contributed by atoms with Crippen LogP contribution >= 0.6 is 23.2 Å². The Morgan fingerprint density at radius 2 is 2.20 bits per heavy atom. The SMILES string of the molecule is O=c1[nH]c(=O)n(C2O[C@@](CO)(CCl)[C@@H](O)[C@H]2Cl)cc1F. The van der Waals surface area contributed by atoms with Crippen LogP contribution in [0.2, 0.25) is 0 Å². The smallest absolute Gasteiger partial charge is 0.330 e. The van der Waals surface area contributed by atoms with Crippen LogP contribution in [0.25, 0.3) is 0 Å². The number of halogens is 3. The van der Waals surface area contributed by atoms with Crippen LogP contribution in [0.5, 0.6) is 0 Å². The molecule has 1 aromatic rings. The van der Waals surface area contributed by atoms with E-state index >= 15 is 0 Å². The number of hydrogen-bond acceptors (Lipinski definition) is 5. The highest BCUT2D eigenvalue weighted by atomic mass is 35.5. The summed E-state index contributed by atoms with van der Waals surface area (Å²) >= 11 is 11.6. The second-order valence-electron chi connectivity index (χ2n) is 4.40. The summed E-state index contributed by atoms with van der Waals surface area (Å²) < 4.78 is 19.3. The number of ether oxygens (including phenoxy) is 1. The lowest BCUT2D eigenvalue weighted by atomic mass is 10.00. The number of aromatic amines is 1. The van der Waals surface area contributed by atoms with Gasteiger partial charge in [-0.05, 0) is 0 Å². The van der Waals surface area contributed by atoms with Crippen LogP contribution in [0.15, 0.2) is 15.8 Å². The number of alkyl halides is 2. The summed E-state index contributed by atoms with van der Waals surface area (Å²) in [7, 11) is 0. The molecule has 2 rings (SSSR count). The summed E-state index contributed by atoms with van der Waals surface area (Å²) in [6.45, 7) is -0.641. The fourth-order valence-corrected chi connectivity index (χ4v) is 2.67. The van der Waals surface area contributed by atoms with Gasteiger partial charge >= 0.3 is 5.69 Å². The molecule has 1 aliphatic heterocycles. The Balaban J connectivity index is 2.47. The second kappa shape index (κ2) is 5.45. The van der Waals surface area contributed by atoms with Crippen molar-refractivity contribution < 1.29 is 19.3 Å². The molecule has 1 fully saturated rings. The number of nitrogens with one attached hydrogen (secondary N) is 1. The zero-order valence-electron chi connectivity index (χ0n) is 9.92. The number of hydrogen-bond donors (Lipinski definition) is 3. The van der Waals surface area contributed by atoms with Gasteiger partial charge < -0.3 is 14.9 Å². The Kier molecular flexibility index (Phi) is 4.22. The summed E-state index contributed by atoms with van der Waals surface area (Å²) in [5.41, 5.74) is -3.70. The van der Waals surface area contributed by atoms with Gasteiger partial charge in [0.15, 0.2) is 6.23 Å². The summed E-state index contributed by atoms with van der Waals surface area (Å²) in [6.07, 6.45) is -2.04. The van der Waals surface area contributed by atoms with Crippen LogP contribution < -0.4 is 11.2 Å². The van der Waals surface area contributed by atoms with Crippen LogP contribution in [0.3, 0.4) is 0 Å². The van der Waals surface area contributed by atoms with Crippen molar-refractivity contribution in [2.45, 2.75) is 23.3 Å². The fraction of sp³-hybridized carbons (Fsp3) is 0.600. The van der Waals surface area contributed by atoms with Crippen molar-refractivity contribution in [3.63, 3.8) is 0 Å². The molecule has 1 aliphatic rings. The first-order valence-electron chi connectivity index (χ1n) is 5.54. The number of rotatable bonds is 3. The van der Waals surface area contributed by atoms with Gasteiger partial charge in [-0.15, -0.1) is 23.2 Å². The number of aromatic nitrogens is 2. The highest BCUT2D eigenvalue weighted by Crippen LogP contribution is 2.40. The molecule has 4 atom stereocenters. The highest BCUT2D eigenvalue weighted by molar-refractivity contribution is 6.22. The van der Waals surface area contributed by atoms with Gasteiger partial charge in [-0.1, -0.05) is 0 Å². The van der Waals surface area contributed by atoms with E-state index in [9.17, 15) is 24.2 Å². The van der Waals surface area contributed by atoms with E-state index in [1.807, 2.05) is 0 Å². The van der Waals surface area contributed by atoms with Gasteiger partial charge in [0, 0.05) is 0 Å². The third-order valence-corrected chi connectivity index (χ3v) is 4.07. The molecule has 0 spiro atoms. The van der Waals surface area contributed by atoms with Crippen LogP contribution in [-0.4, -0.2) is 49.3 Å². The van der Waals surface area contributed by atoms with Crippen molar-refractivity contribution in [1.29, 1.82) is 0 Å². The van der Waals surface area contributed by atoms with E-state index in [-0.39, 0.29) is 5.88 Å². The molecule has 2 heterocycles. The molecular weight excluding hydrogens is 318 g/mol. The van der Waals surface area contributed by atoms with E-state index in [1.165, 1.54) is 0 Å². The van der Waals surface area contributed by atoms with Gasteiger partial charge in [0.25, 0.3) is 5.56 Å². The van der Waals surface area contributed by atoms with Gasteiger partial charge in [0.1, 0.15) is 17.1 Å². The van der Waals surface area contributed by atoms with Crippen molar-refractivity contribution in [2.24, 2.45) is 0 Å². The number of aliphatic hydroxyl groups excluding tert-OH is 2. The first-order chi connectivity index (χ1) is 9.36. The van der Waals surface area contributed by atoms with E-state index in [0.717, 1.165) is 0 Å². The lowest BCUT2D eigenvalue weighted by Gasteiger charge is -2.27. The maximum atomic E-state index is 13.3. The predicted molar refractivity (Wildman–Crippen MR) is 67.6 cm³/mol. The molecule has 0 amide bonds. The standard InChI is InChI=1S/C10H11Cl2FN2O5/c11-2-10(3-16)6(17)5(12)8(20-10)15-1-4(13)7(18)14-9(15)19/h1,5-6,8,16-17H,2-3H2,(H,14,18,19)/t5-,6+,8?,10-/m1/s1. The summed E-state index contributed by atoms with van der Waals surface area (Å²) in [6, 6.07) is 0. The molecule has 1 aromatic heterocycles. The number of aliphatic hydroxyl groups is 2. The first-order valence-corrected chi connectivity index (χ1v) is 6.51. The topological polar surface area (TPSA) is 105 Å². The second-order valence-corrected chi connectivity index (χ2v) is 5.17. The number of H-pyrrole nitrogens is 1. The van der Waals surface area contributed by atoms with E-state index < -0.39 is 47.0 Å². The van der Waals surface area contributed by atoms with Gasteiger partial charge in [-0.3, -0.25) is 14.3 Å². The maximum absolute atomic E-state index is 13.3. The average Bonchev–Trinajstić information content (AvgIpc) is 2.68. The predicted octanol–water partition coefficient (Wildman–Crippen LogP) is -0.857. The highest BCUT2D eigenvalue weighted by Gasteiger charge is 2.54. The van der Waals surface area contributed by atoms with Crippen LogP contribution in [0.4, 0.5) is 4.39 Å². The van der Waals surface area contributed by atoms with E-state index in [1.54, 1.807) is 4.98 Å².